The Morgan fingerprint density at radius 1 is 1.11 bits per heavy atom. The number of benzene rings is 1. The zero-order valence-electron chi connectivity index (χ0n) is 17.5. The second-order valence-corrected chi connectivity index (χ2v) is 8.80. The van der Waals surface area contributed by atoms with Gasteiger partial charge in [0.2, 0.25) is 0 Å². The predicted octanol–water partition coefficient (Wildman–Crippen LogP) is 3.72. The molecule has 0 bridgehead atoms. The molecule has 0 unspecified atom stereocenters. The van der Waals surface area contributed by atoms with Gasteiger partial charge in [-0.1, -0.05) is 49.2 Å². The van der Waals surface area contributed by atoms with Crippen molar-refractivity contribution >= 4 is 24.2 Å². The van der Waals surface area contributed by atoms with Crippen molar-refractivity contribution in [2.24, 2.45) is 0 Å². The second kappa shape index (κ2) is 8.19. The molecule has 0 amide bonds. The van der Waals surface area contributed by atoms with Gasteiger partial charge in [0, 0.05) is 13.0 Å². The molecule has 1 aromatic heterocycles. The van der Waals surface area contributed by atoms with E-state index in [-0.39, 0.29) is 24.9 Å². The molecule has 1 aliphatic rings. The van der Waals surface area contributed by atoms with Crippen LogP contribution in [0.5, 0.6) is 0 Å². The SMILES string of the molecule is CCCCc1nc(Cl)c(CO)n1Cc1ccc(B2OC(C)(C)C(C)(C)O2)cc1. The Labute approximate surface area is 173 Å². The van der Waals surface area contributed by atoms with Crippen molar-refractivity contribution in [3.05, 3.63) is 46.5 Å². The number of halogens is 1. The minimum Gasteiger partial charge on any atom is -0.399 e. The van der Waals surface area contributed by atoms with E-state index in [0.717, 1.165) is 36.1 Å². The topological polar surface area (TPSA) is 56.5 Å². The lowest BCUT2D eigenvalue weighted by Gasteiger charge is -2.32. The van der Waals surface area contributed by atoms with Gasteiger partial charge >= 0.3 is 7.12 Å². The first-order valence-electron chi connectivity index (χ1n) is 9.97. The fraction of sp³-hybridized carbons (Fsp3) is 0.571. The van der Waals surface area contributed by atoms with Crippen LogP contribution in [0.4, 0.5) is 0 Å². The minimum absolute atomic E-state index is 0.121. The van der Waals surface area contributed by atoms with Crippen LogP contribution in [0.25, 0.3) is 0 Å². The molecule has 0 aliphatic carbocycles. The molecule has 1 aromatic carbocycles. The van der Waals surface area contributed by atoms with E-state index in [4.69, 9.17) is 20.9 Å². The first-order chi connectivity index (χ1) is 13.2. The summed E-state index contributed by atoms with van der Waals surface area (Å²) >= 11 is 6.24. The molecular weight excluding hydrogens is 375 g/mol. The Hall–Kier alpha value is -1.34. The molecule has 1 fully saturated rings. The van der Waals surface area contributed by atoms with Crippen LogP contribution in [0.15, 0.2) is 24.3 Å². The number of aromatic nitrogens is 2. The number of imidazole rings is 1. The molecule has 28 heavy (non-hydrogen) atoms. The number of hydrogen-bond acceptors (Lipinski definition) is 4. The molecule has 0 spiro atoms. The third-order valence-corrected chi connectivity index (χ3v) is 6.15. The highest BCUT2D eigenvalue weighted by molar-refractivity contribution is 6.62. The Balaban J connectivity index is 1.79. The van der Waals surface area contributed by atoms with Crippen LogP contribution >= 0.6 is 11.6 Å². The van der Waals surface area contributed by atoms with Gasteiger partial charge < -0.3 is 19.0 Å². The van der Waals surface area contributed by atoms with Crippen LogP contribution in [0.3, 0.4) is 0 Å². The number of nitrogens with zero attached hydrogens (tertiary/aromatic N) is 2. The van der Waals surface area contributed by atoms with Crippen molar-refractivity contribution in [2.75, 3.05) is 0 Å². The first-order valence-corrected chi connectivity index (χ1v) is 10.4. The normalized spacial score (nSPS) is 18.0. The number of hydrogen-bond donors (Lipinski definition) is 1. The lowest BCUT2D eigenvalue weighted by Crippen LogP contribution is -2.41. The predicted molar refractivity (Wildman–Crippen MR) is 113 cm³/mol. The first kappa shape index (κ1) is 21.4. The Morgan fingerprint density at radius 3 is 2.25 bits per heavy atom. The molecule has 1 N–H and O–H groups in total. The second-order valence-electron chi connectivity index (χ2n) is 8.44. The van der Waals surface area contributed by atoms with Crippen LogP contribution in [0.2, 0.25) is 5.15 Å². The average molecular weight is 405 g/mol. The van der Waals surface area contributed by atoms with Gasteiger partial charge in [0.15, 0.2) is 5.15 Å². The highest BCUT2D eigenvalue weighted by atomic mass is 35.5. The van der Waals surface area contributed by atoms with E-state index in [1.807, 2.05) is 16.7 Å². The van der Waals surface area contributed by atoms with Crippen molar-refractivity contribution in [2.45, 2.75) is 78.2 Å². The monoisotopic (exact) mass is 404 g/mol. The maximum Gasteiger partial charge on any atom is 0.494 e. The molecule has 0 atom stereocenters. The minimum atomic E-state index is -0.366. The zero-order valence-corrected chi connectivity index (χ0v) is 18.2. The highest BCUT2D eigenvalue weighted by Crippen LogP contribution is 2.36. The molecule has 0 saturated carbocycles. The van der Waals surface area contributed by atoms with Crippen LogP contribution in [0.1, 0.15) is 64.5 Å². The molecule has 7 heteroatoms. The molecule has 1 saturated heterocycles. The summed E-state index contributed by atoms with van der Waals surface area (Å²) in [5, 5.41) is 10.1. The molecule has 1 aliphatic heterocycles. The Bertz CT molecular complexity index is 802. The quantitative estimate of drug-likeness (QED) is 0.715. The van der Waals surface area contributed by atoms with Gasteiger partial charge in [0.1, 0.15) is 5.82 Å². The number of unbranched alkanes of at least 4 members (excludes halogenated alkanes) is 1. The number of aliphatic hydroxyl groups excluding tert-OH is 1. The maximum atomic E-state index is 9.72. The van der Waals surface area contributed by atoms with Crippen molar-refractivity contribution in [1.82, 2.24) is 9.55 Å². The van der Waals surface area contributed by atoms with E-state index in [2.05, 4.69) is 51.7 Å². The van der Waals surface area contributed by atoms with Gasteiger partial charge in [0.25, 0.3) is 0 Å². The molecule has 2 heterocycles. The molecule has 152 valence electrons. The van der Waals surface area contributed by atoms with Crippen molar-refractivity contribution < 1.29 is 14.4 Å². The molecule has 3 rings (SSSR count). The van der Waals surface area contributed by atoms with E-state index in [1.54, 1.807) is 0 Å². The lowest BCUT2D eigenvalue weighted by molar-refractivity contribution is 0.00578. The summed E-state index contributed by atoms with van der Waals surface area (Å²) in [5.74, 6) is 0.922. The average Bonchev–Trinajstić information content (AvgIpc) is 3.05. The Kier molecular flexibility index (Phi) is 6.25. The summed E-state index contributed by atoms with van der Waals surface area (Å²) in [6.45, 7) is 10.9. The van der Waals surface area contributed by atoms with Gasteiger partial charge in [-0.2, -0.15) is 0 Å². The van der Waals surface area contributed by atoms with Crippen LogP contribution in [-0.4, -0.2) is 33.0 Å². The molecule has 2 aromatic rings. The highest BCUT2D eigenvalue weighted by Gasteiger charge is 2.51. The van der Waals surface area contributed by atoms with E-state index in [1.165, 1.54) is 0 Å². The smallest absolute Gasteiger partial charge is 0.399 e. The largest absolute Gasteiger partial charge is 0.494 e. The van der Waals surface area contributed by atoms with Gasteiger partial charge in [-0.15, -0.1) is 0 Å². The van der Waals surface area contributed by atoms with Gasteiger partial charge in [0.05, 0.1) is 23.5 Å². The summed E-state index contributed by atoms with van der Waals surface area (Å²) in [4.78, 5) is 4.46. The van der Waals surface area contributed by atoms with E-state index >= 15 is 0 Å². The summed E-state index contributed by atoms with van der Waals surface area (Å²) in [6, 6.07) is 8.22. The van der Waals surface area contributed by atoms with Gasteiger partial charge in [-0.05, 0) is 45.1 Å². The van der Waals surface area contributed by atoms with Gasteiger partial charge in [-0.3, -0.25) is 0 Å². The summed E-state index contributed by atoms with van der Waals surface area (Å²) in [5.41, 5.74) is 2.08. The Morgan fingerprint density at radius 2 is 1.71 bits per heavy atom. The van der Waals surface area contributed by atoms with E-state index < -0.39 is 0 Å². The van der Waals surface area contributed by atoms with Crippen molar-refractivity contribution in [3.63, 3.8) is 0 Å². The lowest BCUT2D eigenvalue weighted by atomic mass is 9.79. The summed E-state index contributed by atoms with van der Waals surface area (Å²) in [6.07, 6.45) is 2.98. The zero-order chi connectivity index (χ0) is 20.5. The summed E-state index contributed by atoms with van der Waals surface area (Å²) in [7, 11) is -0.366. The van der Waals surface area contributed by atoms with Crippen molar-refractivity contribution in [1.29, 1.82) is 0 Å². The number of aliphatic hydroxyl groups is 1. The van der Waals surface area contributed by atoms with Crippen LogP contribution < -0.4 is 5.46 Å². The van der Waals surface area contributed by atoms with Crippen LogP contribution in [-0.2, 0) is 28.9 Å². The number of rotatable bonds is 7. The summed E-state index contributed by atoms with van der Waals surface area (Å²) < 4.78 is 14.3. The number of aryl methyl sites for hydroxylation is 1. The molecular formula is C21H30BClN2O3. The standard InChI is InChI=1S/C21H30BClN2O3/c1-6-7-8-18-24-19(23)17(14-26)25(18)13-15-9-11-16(12-10-15)22-27-20(2,3)21(4,5)28-22/h9-12,26H,6-8,13-14H2,1-5H3. The van der Waals surface area contributed by atoms with Crippen LogP contribution in [0, 0.1) is 0 Å². The third kappa shape index (κ3) is 4.15. The maximum absolute atomic E-state index is 9.72. The van der Waals surface area contributed by atoms with Gasteiger partial charge in [-0.25, -0.2) is 4.98 Å². The molecule has 0 radical (unpaired) electrons. The van der Waals surface area contributed by atoms with E-state index in [9.17, 15) is 5.11 Å². The third-order valence-electron chi connectivity index (χ3n) is 5.85. The molecule has 5 nitrogen and oxygen atoms in total. The fourth-order valence-corrected chi connectivity index (χ4v) is 3.57. The fourth-order valence-electron chi connectivity index (χ4n) is 3.31. The van der Waals surface area contributed by atoms with E-state index in [0.29, 0.717) is 17.4 Å². The van der Waals surface area contributed by atoms with Crippen molar-refractivity contribution in [3.8, 4) is 0 Å².